The van der Waals surface area contributed by atoms with Crippen molar-refractivity contribution in [3.63, 3.8) is 0 Å². The summed E-state index contributed by atoms with van der Waals surface area (Å²) in [7, 11) is 0. The predicted octanol–water partition coefficient (Wildman–Crippen LogP) is 9.82. The lowest BCUT2D eigenvalue weighted by molar-refractivity contribution is -0.212. The lowest BCUT2D eigenvalue weighted by atomic mass is 9.30. The molecule has 10 aliphatic carbocycles. The Morgan fingerprint density at radius 1 is 0.450 bits per heavy atom. The Labute approximate surface area is 243 Å². The minimum atomic E-state index is 0.509. The third-order valence-corrected chi connectivity index (χ3v) is 15.2. The van der Waals surface area contributed by atoms with E-state index in [-0.39, 0.29) is 0 Å². The molecular formula is C40H50. The molecule has 0 heterocycles. The molecule has 2 aromatic carbocycles. The lowest BCUT2D eigenvalue weighted by Crippen LogP contribution is -2.66. The van der Waals surface area contributed by atoms with Crippen molar-refractivity contribution >= 4 is 0 Å². The number of fused-ring (bicyclic) bond motifs is 2. The zero-order valence-corrected chi connectivity index (χ0v) is 24.9. The molecule has 0 aromatic heterocycles. The van der Waals surface area contributed by atoms with Crippen molar-refractivity contribution < 1.29 is 0 Å². The van der Waals surface area contributed by atoms with Crippen molar-refractivity contribution in [2.24, 2.45) is 34.5 Å². The maximum atomic E-state index is 2.66. The van der Waals surface area contributed by atoms with E-state index in [9.17, 15) is 0 Å². The fourth-order valence-corrected chi connectivity index (χ4v) is 15.0. The van der Waals surface area contributed by atoms with Crippen LogP contribution in [-0.2, 0) is 36.5 Å². The van der Waals surface area contributed by atoms with Gasteiger partial charge in [-0.05, 0) is 207 Å². The summed E-state index contributed by atoms with van der Waals surface area (Å²) >= 11 is 0. The maximum Gasteiger partial charge on any atom is -0.00334 e. The summed E-state index contributed by atoms with van der Waals surface area (Å²) in [5.74, 6) is 4.03. The van der Waals surface area contributed by atoms with Crippen LogP contribution in [0.1, 0.15) is 136 Å². The zero-order chi connectivity index (χ0) is 26.2. The third-order valence-electron chi connectivity index (χ3n) is 15.2. The van der Waals surface area contributed by atoms with Crippen molar-refractivity contribution in [3.8, 4) is 0 Å². The molecule has 0 nitrogen and oxygen atoms in total. The third kappa shape index (κ3) is 3.10. The van der Waals surface area contributed by atoms with Gasteiger partial charge >= 0.3 is 0 Å². The molecule has 10 aliphatic rings. The van der Waals surface area contributed by atoms with Crippen LogP contribution in [0.2, 0.25) is 0 Å². The van der Waals surface area contributed by atoms with E-state index in [0.717, 1.165) is 23.7 Å². The number of rotatable bonds is 3. The summed E-state index contributed by atoms with van der Waals surface area (Å²) in [5, 5.41) is 0. The molecule has 4 atom stereocenters. The first-order chi connectivity index (χ1) is 19.6. The van der Waals surface area contributed by atoms with Gasteiger partial charge in [-0.2, -0.15) is 0 Å². The highest BCUT2D eigenvalue weighted by molar-refractivity contribution is 5.46. The SMILES string of the molecule is c1cc2c(c(C34CC5CC(C3)CC(C36CC7CC(CC(c8cccc9c8CCCC9)(C7)C3)C6)(C5)C4)c1)CCCC2. The summed E-state index contributed by atoms with van der Waals surface area (Å²) < 4.78 is 0. The van der Waals surface area contributed by atoms with Gasteiger partial charge in [0.15, 0.2) is 0 Å². The van der Waals surface area contributed by atoms with Gasteiger partial charge in [-0.1, -0.05) is 36.4 Å². The molecule has 4 unspecified atom stereocenters. The topological polar surface area (TPSA) is 0 Å². The van der Waals surface area contributed by atoms with E-state index in [4.69, 9.17) is 0 Å². The number of benzene rings is 2. The molecule has 2 aromatic rings. The van der Waals surface area contributed by atoms with E-state index in [0.29, 0.717) is 21.7 Å². The van der Waals surface area contributed by atoms with E-state index in [2.05, 4.69) is 36.4 Å². The monoisotopic (exact) mass is 530 g/mol. The van der Waals surface area contributed by atoms with Crippen LogP contribution in [0, 0.1) is 34.5 Å². The van der Waals surface area contributed by atoms with E-state index in [1.807, 2.05) is 22.3 Å². The Morgan fingerprint density at radius 2 is 0.850 bits per heavy atom. The second-order valence-electron chi connectivity index (χ2n) is 17.3. The van der Waals surface area contributed by atoms with Gasteiger partial charge in [0.25, 0.3) is 0 Å². The fraction of sp³-hybridized carbons (Fsp3) is 0.700. The summed E-state index contributed by atoms with van der Waals surface area (Å²) in [5.41, 5.74) is 13.2. The van der Waals surface area contributed by atoms with Gasteiger partial charge in [0.1, 0.15) is 0 Å². The zero-order valence-electron chi connectivity index (χ0n) is 24.9. The molecule has 0 N–H and O–H groups in total. The molecule has 0 saturated heterocycles. The van der Waals surface area contributed by atoms with Crippen molar-refractivity contribution in [1.29, 1.82) is 0 Å². The minimum Gasteiger partial charge on any atom is -0.0617 e. The maximum absolute atomic E-state index is 2.66. The molecule has 40 heavy (non-hydrogen) atoms. The first kappa shape index (κ1) is 23.9. The fourth-order valence-electron chi connectivity index (χ4n) is 15.0. The second kappa shape index (κ2) is 8.08. The number of aryl methyl sites for hydroxylation is 2. The van der Waals surface area contributed by atoms with Gasteiger partial charge in [0.2, 0.25) is 0 Å². The molecule has 8 saturated carbocycles. The molecule has 12 rings (SSSR count). The van der Waals surface area contributed by atoms with Crippen LogP contribution in [0.4, 0.5) is 0 Å². The van der Waals surface area contributed by atoms with Crippen molar-refractivity contribution in [2.45, 2.75) is 139 Å². The van der Waals surface area contributed by atoms with Crippen molar-refractivity contribution in [3.05, 3.63) is 69.8 Å². The molecule has 210 valence electrons. The average molecular weight is 531 g/mol. The van der Waals surface area contributed by atoms with Gasteiger partial charge in [0.05, 0.1) is 0 Å². The van der Waals surface area contributed by atoms with E-state index in [1.54, 1.807) is 62.5 Å². The summed E-state index contributed by atoms with van der Waals surface area (Å²) in [6, 6.07) is 15.3. The van der Waals surface area contributed by atoms with E-state index >= 15 is 0 Å². The van der Waals surface area contributed by atoms with Gasteiger partial charge in [-0.15, -0.1) is 0 Å². The highest BCUT2D eigenvalue weighted by Gasteiger charge is 2.70. The van der Waals surface area contributed by atoms with Gasteiger partial charge in [-0.3, -0.25) is 0 Å². The highest BCUT2D eigenvalue weighted by Crippen LogP contribution is 2.79. The highest BCUT2D eigenvalue weighted by atomic mass is 14.7. The molecule has 8 fully saturated rings. The lowest BCUT2D eigenvalue weighted by Gasteiger charge is -2.74. The molecule has 8 bridgehead atoms. The van der Waals surface area contributed by atoms with Crippen molar-refractivity contribution in [1.82, 2.24) is 0 Å². The standard InChI is InChI=1S/C40H50/c1-3-11-33-31(7-1)9-5-13-35(33)37-17-27-15-28(18-37)22-39(21-27,25-37)40-23-29-16-30(24-40)20-38(19-29,26-40)36-14-6-10-32-8-2-4-12-34(32)36/h5-6,9-10,13-14,27-30H,1-4,7-8,11-12,15-26H2. The Kier molecular flexibility index (Phi) is 4.84. The molecule has 0 spiro atoms. The first-order valence-corrected chi connectivity index (χ1v) is 17.8. The largest absolute Gasteiger partial charge is 0.0617 e. The summed E-state index contributed by atoms with van der Waals surface area (Å²) in [6.45, 7) is 0. The Morgan fingerprint density at radius 3 is 1.27 bits per heavy atom. The van der Waals surface area contributed by atoms with Crippen LogP contribution < -0.4 is 0 Å². The summed E-state index contributed by atoms with van der Waals surface area (Å²) in [4.78, 5) is 0. The number of hydrogen-bond acceptors (Lipinski definition) is 0. The Balaban J connectivity index is 1.10. The Bertz CT molecular complexity index is 1240. The van der Waals surface area contributed by atoms with Crippen LogP contribution in [0.5, 0.6) is 0 Å². The summed E-state index contributed by atoms with van der Waals surface area (Å²) in [6.07, 6.45) is 29.9. The Hall–Kier alpha value is -1.56. The number of hydrogen-bond donors (Lipinski definition) is 0. The van der Waals surface area contributed by atoms with Crippen LogP contribution in [0.15, 0.2) is 36.4 Å². The van der Waals surface area contributed by atoms with E-state index in [1.165, 1.54) is 77.0 Å². The van der Waals surface area contributed by atoms with Gasteiger partial charge in [-0.25, -0.2) is 0 Å². The molecule has 0 heteroatoms. The first-order valence-electron chi connectivity index (χ1n) is 17.8. The quantitative estimate of drug-likeness (QED) is 0.370. The van der Waals surface area contributed by atoms with Crippen LogP contribution >= 0.6 is 0 Å². The molecular weight excluding hydrogens is 480 g/mol. The molecule has 0 aliphatic heterocycles. The molecule has 0 radical (unpaired) electrons. The van der Waals surface area contributed by atoms with Gasteiger partial charge < -0.3 is 0 Å². The van der Waals surface area contributed by atoms with E-state index < -0.39 is 0 Å². The average Bonchev–Trinajstić information content (AvgIpc) is 2.95. The minimum absolute atomic E-state index is 0.509. The molecule has 0 amide bonds. The smallest absolute Gasteiger partial charge is 0.00334 e. The predicted molar refractivity (Wildman–Crippen MR) is 164 cm³/mol. The van der Waals surface area contributed by atoms with Crippen LogP contribution in [0.25, 0.3) is 0 Å². The normalized spacial score (nSPS) is 45.9. The van der Waals surface area contributed by atoms with Crippen LogP contribution in [0.3, 0.4) is 0 Å². The second-order valence-corrected chi connectivity index (χ2v) is 17.3. The van der Waals surface area contributed by atoms with Gasteiger partial charge in [0, 0.05) is 0 Å². The van der Waals surface area contributed by atoms with Crippen LogP contribution in [-0.4, -0.2) is 0 Å². The van der Waals surface area contributed by atoms with Crippen molar-refractivity contribution in [2.75, 3.05) is 0 Å².